The number of nitrogens with one attached hydrogen (secondary N) is 2. The largest absolute Gasteiger partial charge is 0.356 e. The predicted molar refractivity (Wildman–Crippen MR) is 109 cm³/mol. The lowest BCUT2D eigenvalue weighted by Crippen LogP contribution is -2.45. The van der Waals surface area contributed by atoms with Crippen molar-refractivity contribution in [3.8, 4) is 0 Å². The number of hydrogen-bond donors (Lipinski definition) is 2. The van der Waals surface area contributed by atoms with Crippen LogP contribution in [0, 0.1) is 11.7 Å². The highest BCUT2D eigenvalue weighted by Crippen LogP contribution is 2.17. The van der Waals surface area contributed by atoms with Crippen LogP contribution >= 0.6 is 24.0 Å². The summed E-state index contributed by atoms with van der Waals surface area (Å²) < 4.78 is 12.9. The molecule has 1 saturated heterocycles. The van der Waals surface area contributed by atoms with Crippen LogP contribution in [0.25, 0.3) is 0 Å². The third-order valence-corrected chi connectivity index (χ3v) is 4.44. The number of hydrogen-bond acceptors (Lipinski definition) is 2. The predicted octanol–water partition coefficient (Wildman–Crippen LogP) is 3.23. The summed E-state index contributed by atoms with van der Waals surface area (Å²) >= 11 is 0. The molecule has 0 saturated carbocycles. The van der Waals surface area contributed by atoms with E-state index in [4.69, 9.17) is 0 Å². The Labute approximate surface area is 162 Å². The van der Waals surface area contributed by atoms with Crippen molar-refractivity contribution in [1.82, 2.24) is 15.5 Å². The average Bonchev–Trinajstić information content (AvgIpc) is 2.57. The molecular formula is C18H30FIN4. The van der Waals surface area contributed by atoms with Crippen molar-refractivity contribution in [2.75, 3.05) is 26.7 Å². The van der Waals surface area contributed by atoms with Gasteiger partial charge in [0.15, 0.2) is 5.96 Å². The summed E-state index contributed by atoms with van der Waals surface area (Å²) in [5, 5.41) is 6.70. The van der Waals surface area contributed by atoms with E-state index >= 15 is 0 Å². The molecule has 0 amide bonds. The van der Waals surface area contributed by atoms with Crippen molar-refractivity contribution < 1.29 is 4.39 Å². The van der Waals surface area contributed by atoms with Gasteiger partial charge in [0.25, 0.3) is 0 Å². The van der Waals surface area contributed by atoms with Gasteiger partial charge in [0.05, 0.1) is 0 Å². The first kappa shape index (κ1) is 21.2. The van der Waals surface area contributed by atoms with Crippen LogP contribution in [0.1, 0.15) is 32.3 Å². The van der Waals surface area contributed by atoms with Gasteiger partial charge < -0.3 is 15.5 Å². The number of likely N-dealkylation sites (tertiary alicyclic amines) is 1. The summed E-state index contributed by atoms with van der Waals surface area (Å²) in [7, 11) is 1.78. The Kier molecular flexibility index (Phi) is 9.58. The van der Waals surface area contributed by atoms with Crippen LogP contribution in [-0.4, -0.2) is 43.6 Å². The molecule has 1 aromatic rings. The monoisotopic (exact) mass is 448 g/mol. The lowest BCUT2D eigenvalue weighted by atomic mass is 9.97. The van der Waals surface area contributed by atoms with Gasteiger partial charge in [-0.1, -0.05) is 12.1 Å². The molecule has 1 aliphatic heterocycles. The smallest absolute Gasteiger partial charge is 0.191 e. The molecule has 1 fully saturated rings. The van der Waals surface area contributed by atoms with Gasteiger partial charge >= 0.3 is 0 Å². The summed E-state index contributed by atoms with van der Waals surface area (Å²) in [6.45, 7) is 8.47. The Hall–Kier alpha value is -0.890. The second-order valence-electron chi connectivity index (χ2n) is 6.53. The highest BCUT2D eigenvalue weighted by Gasteiger charge is 2.21. The summed E-state index contributed by atoms with van der Waals surface area (Å²) in [5.41, 5.74) is 1.04. The summed E-state index contributed by atoms with van der Waals surface area (Å²) in [5.74, 6) is 1.26. The van der Waals surface area contributed by atoms with Crippen LogP contribution in [0.2, 0.25) is 0 Å². The lowest BCUT2D eigenvalue weighted by molar-refractivity contribution is 0.141. The van der Waals surface area contributed by atoms with E-state index in [0.29, 0.717) is 18.5 Å². The number of benzene rings is 1. The zero-order valence-electron chi connectivity index (χ0n) is 14.9. The zero-order chi connectivity index (χ0) is 16.7. The van der Waals surface area contributed by atoms with Crippen LogP contribution in [0.5, 0.6) is 0 Å². The first-order chi connectivity index (χ1) is 11.1. The summed E-state index contributed by atoms with van der Waals surface area (Å²) in [6, 6.07) is 7.16. The van der Waals surface area contributed by atoms with E-state index in [-0.39, 0.29) is 29.8 Å². The summed E-state index contributed by atoms with van der Waals surface area (Å²) in [4.78, 5) is 6.81. The number of aliphatic imine (C=N–C) groups is 1. The molecule has 0 bridgehead atoms. The number of rotatable bonds is 5. The third kappa shape index (κ3) is 6.93. The molecule has 1 atom stereocenters. The van der Waals surface area contributed by atoms with E-state index < -0.39 is 0 Å². The third-order valence-electron chi connectivity index (χ3n) is 4.44. The van der Waals surface area contributed by atoms with Crippen LogP contribution in [0.3, 0.4) is 0 Å². The van der Waals surface area contributed by atoms with Gasteiger partial charge in [-0.05, 0) is 56.8 Å². The fourth-order valence-electron chi connectivity index (χ4n) is 2.98. The maximum Gasteiger partial charge on any atom is 0.191 e. The van der Waals surface area contributed by atoms with Gasteiger partial charge in [0.2, 0.25) is 0 Å². The van der Waals surface area contributed by atoms with Crippen LogP contribution in [0.4, 0.5) is 4.39 Å². The topological polar surface area (TPSA) is 39.7 Å². The maximum atomic E-state index is 12.9. The fourth-order valence-corrected chi connectivity index (χ4v) is 2.98. The molecule has 0 aliphatic carbocycles. The van der Waals surface area contributed by atoms with Crippen molar-refractivity contribution in [1.29, 1.82) is 0 Å². The van der Waals surface area contributed by atoms with Crippen molar-refractivity contribution in [2.24, 2.45) is 10.9 Å². The molecule has 0 aromatic heterocycles. The molecule has 1 aliphatic rings. The van der Waals surface area contributed by atoms with Gasteiger partial charge in [0.1, 0.15) is 5.82 Å². The molecule has 6 heteroatoms. The highest BCUT2D eigenvalue weighted by molar-refractivity contribution is 14.0. The fraction of sp³-hybridized carbons (Fsp3) is 0.611. The molecule has 4 nitrogen and oxygen atoms in total. The van der Waals surface area contributed by atoms with Gasteiger partial charge in [-0.15, -0.1) is 24.0 Å². The molecule has 24 heavy (non-hydrogen) atoms. The van der Waals surface area contributed by atoms with E-state index in [1.807, 2.05) is 0 Å². The normalized spacial score (nSPS) is 19.0. The summed E-state index contributed by atoms with van der Waals surface area (Å²) in [6.07, 6.45) is 2.54. The molecule has 2 rings (SSSR count). The second-order valence-corrected chi connectivity index (χ2v) is 6.53. The molecule has 0 spiro atoms. The van der Waals surface area contributed by atoms with Crippen molar-refractivity contribution >= 4 is 29.9 Å². The minimum Gasteiger partial charge on any atom is -0.356 e. The second kappa shape index (κ2) is 10.9. The number of halogens is 2. The Morgan fingerprint density at radius 3 is 2.62 bits per heavy atom. The Morgan fingerprint density at radius 1 is 1.29 bits per heavy atom. The molecule has 1 heterocycles. The molecule has 136 valence electrons. The Morgan fingerprint density at radius 2 is 2.00 bits per heavy atom. The number of piperidine rings is 1. The minimum absolute atomic E-state index is 0. The molecule has 0 radical (unpaired) electrons. The van der Waals surface area contributed by atoms with E-state index in [9.17, 15) is 4.39 Å². The highest BCUT2D eigenvalue weighted by atomic mass is 127. The van der Waals surface area contributed by atoms with Crippen molar-refractivity contribution in [3.63, 3.8) is 0 Å². The maximum absolute atomic E-state index is 12.9. The van der Waals surface area contributed by atoms with Crippen LogP contribution in [-0.2, 0) is 6.54 Å². The van der Waals surface area contributed by atoms with E-state index in [0.717, 1.165) is 24.6 Å². The molecular weight excluding hydrogens is 418 g/mol. The molecule has 1 unspecified atom stereocenters. The minimum atomic E-state index is -0.205. The van der Waals surface area contributed by atoms with E-state index in [2.05, 4.69) is 34.4 Å². The molecule has 1 aromatic carbocycles. The van der Waals surface area contributed by atoms with E-state index in [1.165, 1.54) is 31.5 Å². The van der Waals surface area contributed by atoms with Gasteiger partial charge in [-0.25, -0.2) is 4.39 Å². The first-order valence-electron chi connectivity index (χ1n) is 8.51. The van der Waals surface area contributed by atoms with Crippen LogP contribution in [0.15, 0.2) is 29.3 Å². The average molecular weight is 448 g/mol. The molecule has 2 N–H and O–H groups in total. The Balaban J connectivity index is 0.00000288. The van der Waals surface area contributed by atoms with Gasteiger partial charge in [0, 0.05) is 32.7 Å². The standard InChI is InChI=1S/C18H29FN4.HI/c1-14(2)23-10-4-5-16(13-23)12-22-18(20-3)21-11-15-6-8-17(19)9-7-15;/h6-9,14,16H,4-5,10-13H2,1-3H3,(H2,20,21,22);1H. The van der Waals surface area contributed by atoms with Gasteiger partial charge in [-0.3, -0.25) is 4.99 Å². The van der Waals surface area contributed by atoms with Crippen LogP contribution < -0.4 is 10.6 Å². The first-order valence-corrected chi connectivity index (χ1v) is 8.51. The Bertz CT molecular complexity index is 504. The number of guanidine groups is 1. The lowest BCUT2D eigenvalue weighted by Gasteiger charge is -2.35. The van der Waals surface area contributed by atoms with Gasteiger partial charge in [-0.2, -0.15) is 0 Å². The SMILES string of the molecule is CN=C(NCc1ccc(F)cc1)NCC1CCCN(C(C)C)C1.I. The van der Waals surface area contributed by atoms with E-state index in [1.54, 1.807) is 19.2 Å². The van der Waals surface area contributed by atoms with Crippen molar-refractivity contribution in [3.05, 3.63) is 35.6 Å². The quantitative estimate of drug-likeness (QED) is 0.413. The van der Waals surface area contributed by atoms with Crippen molar-refractivity contribution in [2.45, 2.75) is 39.3 Å². The zero-order valence-corrected chi connectivity index (χ0v) is 17.2. The number of nitrogens with zero attached hydrogens (tertiary/aromatic N) is 2.